The normalized spacial score (nSPS) is 27.2. The number of nitrogens with zero attached hydrogens (tertiary/aromatic N) is 4. The maximum Gasteiger partial charge on any atom is 0.251 e. The van der Waals surface area contributed by atoms with Crippen molar-refractivity contribution in [1.82, 2.24) is 20.0 Å². The Balaban J connectivity index is 0.00000289. The SMILES string of the molecule is CCNC(=NCC1(N2CCOCC2)CCCCC1)N1CCN(C(=O)C2CCCO2)CC1.I. The molecule has 1 unspecified atom stereocenters. The zero-order valence-electron chi connectivity index (χ0n) is 19.7. The zero-order chi connectivity index (χ0) is 21.5. The molecule has 0 aromatic carbocycles. The summed E-state index contributed by atoms with van der Waals surface area (Å²) in [4.78, 5) is 24.8. The fraction of sp³-hybridized carbons (Fsp3) is 0.913. The number of guanidine groups is 1. The summed E-state index contributed by atoms with van der Waals surface area (Å²) in [6.07, 6.45) is 8.06. The average Bonchev–Trinajstić information content (AvgIpc) is 3.38. The van der Waals surface area contributed by atoms with Gasteiger partial charge in [-0.25, -0.2) is 0 Å². The van der Waals surface area contributed by atoms with Crippen LogP contribution in [0.5, 0.6) is 0 Å². The lowest BCUT2D eigenvalue weighted by Crippen LogP contribution is -2.58. The number of morpholine rings is 1. The molecule has 0 aromatic heterocycles. The summed E-state index contributed by atoms with van der Waals surface area (Å²) in [5.74, 6) is 1.18. The Hall–Kier alpha value is -0.650. The molecule has 3 heterocycles. The van der Waals surface area contributed by atoms with Crippen LogP contribution in [-0.4, -0.2) is 110 Å². The molecule has 0 aromatic rings. The molecule has 184 valence electrons. The van der Waals surface area contributed by atoms with E-state index in [0.29, 0.717) is 0 Å². The first-order chi connectivity index (χ1) is 15.2. The van der Waals surface area contributed by atoms with Gasteiger partial charge in [0, 0.05) is 58.0 Å². The summed E-state index contributed by atoms with van der Waals surface area (Å²) >= 11 is 0. The molecule has 1 amide bonds. The third kappa shape index (κ3) is 6.27. The van der Waals surface area contributed by atoms with Crippen molar-refractivity contribution >= 4 is 35.8 Å². The van der Waals surface area contributed by atoms with Crippen molar-refractivity contribution < 1.29 is 14.3 Å². The minimum atomic E-state index is -0.215. The third-order valence-electron chi connectivity index (χ3n) is 7.42. The number of carbonyl (C=O) groups excluding carboxylic acids is 1. The smallest absolute Gasteiger partial charge is 0.251 e. The van der Waals surface area contributed by atoms with Gasteiger partial charge in [0.2, 0.25) is 0 Å². The van der Waals surface area contributed by atoms with Crippen molar-refractivity contribution in [2.75, 3.05) is 72.2 Å². The molecule has 1 aliphatic carbocycles. The van der Waals surface area contributed by atoms with Gasteiger partial charge in [0.15, 0.2) is 5.96 Å². The molecule has 32 heavy (non-hydrogen) atoms. The third-order valence-corrected chi connectivity index (χ3v) is 7.42. The number of hydrogen-bond donors (Lipinski definition) is 1. The molecule has 4 aliphatic rings. The number of ether oxygens (including phenoxy) is 2. The molecule has 3 saturated heterocycles. The Morgan fingerprint density at radius 3 is 2.28 bits per heavy atom. The molecule has 0 bridgehead atoms. The fourth-order valence-corrected chi connectivity index (χ4v) is 5.58. The standard InChI is InChI=1S/C23H41N5O3.HI/c1-2-24-22(27-12-10-26(11-13-27)21(29)20-7-6-16-31-20)25-19-23(8-4-3-5-9-23)28-14-17-30-18-15-28;/h20H,2-19H2,1H3,(H,24,25);1H. The molecule has 1 atom stereocenters. The molecule has 0 spiro atoms. The number of hydrogen-bond acceptors (Lipinski definition) is 5. The van der Waals surface area contributed by atoms with Gasteiger partial charge in [0.05, 0.1) is 19.8 Å². The molecule has 0 radical (unpaired) electrons. The van der Waals surface area contributed by atoms with E-state index in [0.717, 1.165) is 91.0 Å². The second-order valence-corrected chi connectivity index (χ2v) is 9.37. The van der Waals surface area contributed by atoms with Crippen molar-refractivity contribution in [2.24, 2.45) is 4.99 Å². The summed E-state index contributed by atoms with van der Waals surface area (Å²) in [5, 5.41) is 3.52. The summed E-state index contributed by atoms with van der Waals surface area (Å²) in [5.41, 5.74) is 0.181. The summed E-state index contributed by atoms with van der Waals surface area (Å²) in [7, 11) is 0. The van der Waals surface area contributed by atoms with Gasteiger partial charge in [-0.15, -0.1) is 24.0 Å². The van der Waals surface area contributed by atoms with Crippen molar-refractivity contribution in [3.8, 4) is 0 Å². The Labute approximate surface area is 210 Å². The predicted octanol–water partition coefficient (Wildman–Crippen LogP) is 1.93. The van der Waals surface area contributed by atoms with Crippen LogP contribution in [0.3, 0.4) is 0 Å². The first kappa shape index (κ1) is 26.0. The second-order valence-electron chi connectivity index (χ2n) is 9.37. The minimum Gasteiger partial charge on any atom is -0.379 e. The molecule has 1 N–H and O–H groups in total. The van der Waals surface area contributed by atoms with Gasteiger partial charge in [-0.3, -0.25) is 14.7 Å². The van der Waals surface area contributed by atoms with Crippen molar-refractivity contribution in [3.63, 3.8) is 0 Å². The van der Waals surface area contributed by atoms with E-state index in [4.69, 9.17) is 14.5 Å². The van der Waals surface area contributed by atoms with Crippen LogP contribution in [0.2, 0.25) is 0 Å². The van der Waals surface area contributed by atoms with Gasteiger partial charge >= 0.3 is 0 Å². The van der Waals surface area contributed by atoms with Gasteiger partial charge in [0.25, 0.3) is 5.91 Å². The maximum atomic E-state index is 12.7. The number of halogens is 1. The number of piperazine rings is 1. The molecular weight excluding hydrogens is 521 g/mol. The van der Waals surface area contributed by atoms with Crippen LogP contribution in [0.4, 0.5) is 0 Å². The lowest BCUT2D eigenvalue weighted by atomic mass is 9.80. The maximum absolute atomic E-state index is 12.7. The van der Waals surface area contributed by atoms with Gasteiger partial charge < -0.3 is 24.6 Å². The number of aliphatic imine (C=N–C) groups is 1. The first-order valence-electron chi connectivity index (χ1n) is 12.5. The average molecular weight is 564 g/mol. The van der Waals surface area contributed by atoms with Crippen LogP contribution in [0.25, 0.3) is 0 Å². The highest BCUT2D eigenvalue weighted by Crippen LogP contribution is 2.34. The largest absolute Gasteiger partial charge is 0.379 e. The van der Waals surface area contributed by atoms with Crippen LogP contribution in [0.1, 0.15) is 51.9 Å². The Morgan fingerprint density at radius 1 is 0.969 bits per heavy atom. The zero-order valence-corrected chi connectivity index (χ0v) is 22.1. The molecule has 8 nitrogen and oxygen atoms in total. The van der Waals surface area contributed by atoms with Crippen LogP contribution in [-0.2, 0) is 14.3 Å². The Kier molecular flexibility index (Phi) is 10.3. The van der Waals surface area contributed by atoms with Crippen molar-refractivity contribution in [1.29, 1.82) is 0 Å². The van der Waals surface area contributed by atoms with E-state index in [1.165, 1.54) is 32.1 Å². The summed E-state index contributed by atoms with van der Waals surface area (Å²) in [6.45, 7) is 11.4. The highest BCUT2D eigenvalue weighted by atomic mass is 127. The monoisotopic (exact) mass is 563 g/mol. The molecule has 3 aliphatic heterocycles. The highest BCUT2D eigenvalue weighted by Gasteiger charge is 2.39. The quantitative estimate of drug-likeness (QED) is 0.314. The van der Waals surface area contributed by atoms with Crippen molar-refractivity contribution in [2.45, 2.75) is 63.5 Å². The van der Waals surface area contributed by atoms with Crippen LogP contribution in [0, 0.1) is 0 Å². The van der Waals surface area contributed by atoms with E-state index in [9.17, 15) is 4.79 Å². The Bertz CT molecular complexity index is 609. The molecule has 4 rings (SSSR count). The summed E-state index contributed by atoms with van der Waals surface area (Å²) < 4.78 is 11.2. The number of amides is 1. The van der Waals surface area contributed by atoms with E-state index in [2.05, 4.69) is 22.0 Å². The second kappa shape index (κ2) is 12.7. The Morgan fingerprint density at radius 2 is 1.66 bits per heavy atom. The lowest BCUT2D eigenvalue weighted by molar-refractivity contribution is -0.142. The fourth-order valence-electron chi connectivity index (χ4n) is 5.58. The highest BCUT2D eigenvalue weighted by molar-refractivity contribution is 14.0. The molecule has 1 saturated carbocycles. The minimum absolute atomic E-state index is 0. The van der Waals surface area contributed by atoms with E-state index in [1.54, 1.807) is 0 Å². The van der Waals surface area contributed by atoms with Crippen molar-refractivity contribution in [3.05, 3.63) is 0 Å². The van der Waals surface area contributed by atoms with E-state index < -0.39 is 0 Å². The van der Waals surface area contributed by atoms with E-state index in [-0.39, 0.29) is 41.5 Å². The predicted molar refractivity (Wildman–Crippen MR) is 137 cm³/mol. The van der Waals surface area contributed by atoms with Gasteiger partial charge in [-0.1, -0.05) is 19.3 Å². The van der Waals surface area contributed by atoms with Crippen LogP contribution in [0.15, 0.2) is 4.99 Å². The van der Waals surface area contributed by atoms with E-state index >= 15 is 0 Å². The van der Waals surface area contributed by atoms with E-state index in [1.807, 2.05) is 4.90 Å². The lowest BCUT2D eigenvalue weighted by Gasteiger charge is -2.47. The number of nitrogens with one attached hydrogen (secondary N) is 1. The van der Waals surface area contributed by atoms with Gasteiger partial charge in [-0.05, 0) is 32.6 Å². The number of rotatable bonds is 5. The van der Waals surface area contributed by atoms with Gasteiger partial charge in [0.1, 0.15) is 6.10 Å². The first-order valence-corrected chi connectivity index (χ1v) is 12.5. The van der Waals surface area contributed by atoms with Gasteiger partial charge in [-0.2, -0.15) is 0 Å². The van der Waals surface area contributed by atoms with Crippen LogP contribution >= 0.6 is 24.0 Å². The summed E-state index contributed by atoms with van der Waals surface area (Å²) in [6, 6.07) is 0. The molecule has 9 heteroatoms. The van der Waals surface area contributed by atoms with Crippen LogP contribution < -0.4 is 5.32 Å². The molecule has 4 fully saturated rings. The molecular formula is C23H42IN5O3. The number of carbonyl (C=O) groups is 1. The topological polar surface area (TPSA) is 69.6 Å².